The Balaban J connectivity index is 3.07. The highest BCUT2D eigenvalue weighted by atomic mass is 16.5. The second kappa shape index (κ2) is 6.22. The zero-order chi connectivity index (χ0) is 14.6. The van der Waals surface area contributed by atoms with E-state index in [0.29, 0.717) is 22.6 Å². The van der Waals surface area contributed by atoms with E-state index in [4.69, 9.17) is 14.3 Å². The number of allylic oxidation sites excluding steroid dienone is 1. The summed E-state index contributed by atoms with van der Waals surface area (Å²) >= 11 is 0. The SMILES string of the molecule is COc1cc(C(C)/C=C(\C)CC(=O)O)oc(=O)c1C. The lowest BCUT2D eigenvalue weighted by Crippen LogP contribution is -2.08. The molecule has 0 fully saturated rings. The first-order chi connectivity index (χ1) is 8.85. The molecular formula is C14H18O5. The highest BCUT2D eigenvalue weighted by molar-refractivity contribution is 5.69. The van der Waals surface area contributed by atoms with Crippen molar-refractivity contribution >= 4 is 5.97 Å². The molecule has 19 heavy (non-hydrogen) atoms. The van der Waals surface area contributed by atoms with Crippen LogP contribution in [0.5, 0.6) is 5.75 Å². The quantitative estimate of drug-likeness (QED) is 0.828. The smallest absolute Gasteiger partial charge is 0.342 e. The van der Waals surface area contributed by atoms with Crippen LogP contribution in [0.2, 0.25) is 0 Å². The number of rotatable bonds is 5. The van der Waals surface area contributed by atoms with E-state index < -0.39 is 11.6 Å². The summed E-state index contributed by atoms with van der Waals surface area (Å²) in [6.07, 6.45) is 1.73. The van der Waals surface area contributed by atoms with Crippen molar-refractivity contribution in [3.63, 3.8) is 0 Å². The molecule has 0 aromatic carbocycles. The van der Waals surface area contributed by atoms with E-state index >= 15 is 0 Å². The number of carbonyl (C=O) groups is 1. The minimum Gasteiger partial charge on any atom is -0.496 e. The Kier molecular flexibility index (Phi) is 4.92. The first-order valence-corrected chi connectivity index (χ1v) is 5.92. The van der Waals surface area contributed by atoms with Gasteiger partial charge >= 0.3 is 11.6 Å². The van der Waals surface area contributed by atoms with Gasteiger partial charge in [-0.05, 0) is 13.8 Å². The van der Waals surface area contributed by atoms with Crippen molar-refractivity contribution < 1.29 is 19.1 Å². The average Bonchev–Trinajstić information content (AvgIpc) is 2.31. The third kappa shape index (κ3) is 3.98. The van der Waals surface area contributed by atoms with E-state index in [1.54, 1.807) is 26.0 Å². The van der Waals surface area contributed by atoms with E-state index in [-0.39, 0.29) is 12.3 Å². The summed E-state index contributed by atoms with van der Waals surface area (Å²) in [5.41, 5.74) is 0.692. The van der Waals surface area contributed by atoms with Crippen LogP contribution >= 0.6 is 0 Å². The molecule has 0 spiro atoms. The van der Waals surface area contributed by atoms with Crippen LogP contribution in [0.25, 0.3) is 0 Å². The number of carboxylic acid groups (broad SMARTS) is 1. The summed E-state index contributed by atoms with van der Waals surface area (Å²) in [5, 5.41) is 8.70. The monoisotopic (exact) mass is 266 g/mol. The predicted molar refractivity (Wildman–Crippen MR) is 70.7 cm³/mol. The summed E-state index contributed by atoms with van der Waals surface area (Å²) in [5.74, 6) is -0.148. The van der Waals surface area contributed by atoms with Gasteiger partial charge in [0, 0.05) is 12.0 Å². The van der Waals surface area contributed by atoms with Gasteiger partial charge in [-0.2, -0.15) is 0 Å². The molecule has 0 aliphatic rings. The summed E-state index contributed by atoms with van der Waals surface area (Å²) in [6, 6.07) is 1.66. The van der Waals surface area contributed by atoms with Gasteiger partial charge in [0.2, 0.25) is 0 Å². The number of carboxylic acids is 1. The second-order valence-electron chi connectivity index (χ2n) is 4.50. The fraction of sp³-hybridized carbons (Fsp3) is 0.429. The molecule has 0 saturated carbocycles. The number of aliphatic carboxylic acids is 1. The van der Waals surface area contributed by atoms with Crippen LogP contribution < -0.4 is 10.4 Å². The zero-order valence-electron chi connectivity index (χ0n) is 11.5. The molecule has 5 nitrogen and oxygen atoms in total. The Hall–Kier alpha value is -2.04. The van der Waals surface area contributed by atoms with Crippen molar-refractivity contribution in [2.24, 2.45) is 0 Å². The predicted octanol–water partition coefficient (Wildman–Crippen LogP) is 2.48. The molecule has 0 aliphatic carbocycles. The van der Waals surface area contributed by atoms with E-state index in [9.17, 15) is 9.59 Å². The number of methoxy groups -OCH3 is 1. The van der Waals surface area contributed by atoms with E-state index in [2.05, 4.69) is 0 Å². The Labute approximate surface area is 111 Å². The van der Waals surface area contributed by atoms with Crippen LogP contribution in [0.1, 0.15) is 37.5 Å². The summed E-state index contributed by atoms with van der Waals surface area (Å²) in [4.78, 5) is 22.2. The van der Waals surface area contributed by atoms with E-state index in [0.717, 1.165) is 0 Å². The Morgan fingerprint density at radius 2 is 2.21 bits per heavy atom. The van der Waals surface area contributed by atoms with Gasteiger partial charge in [0.05, 0.1) is 19.1 Å². The lowest BCUT2D eigenvalue weighted by Gasteiger charge is -2.10. The molecule has 1 N–H and O–H groups in total. The Bertz CT molecular complexity index is 553. The van der Waals surface area contributed by atoms with Crippen LogP contribution in [-0.2, 0) is 4.79 Å². The van der Waals surface area contributed by atoms with Crippen molar-refractivity contribution in [2.45, 2.75) is 33.1 Å². The molecule has 1 rings (SSSR count). The summed E-state index contributed by atoms with van der Waals surface area (Å²) < 4.78 is 10.3. The fourth-order valence-corrected chi connectivity index (χ4v) is 1.79. The molecular weight excluding hydrogens is 248 g/mol. The maximum Gasteiger partial charge on any atom is 0.342 e. The Morgan fingerprint density at radius 3 is 2.74 bits per heavy atom. The molecule has 104 valence electrons. The number of hydrogen-bond donors (Lipinski definition) is 1. The minimum atomic E-state index is -0.885. The summed E-state index contributed by atoms with van der Waals surface area (Å²) in [6.45, 7) is 5.19. The standard InChI is InChI=1S/C14H18O5/c1-8(6-13(15)16)5-9(2)11-7-12(18-4)10(3)14(17)19-11/h5,7,9H,6H2,1-4H3,(H,15,16)/b8-5+. The van der Waals surface area contributed by atoms with Crippen molar-refractivity contribution in [1.29, 1.82) is 0 Å². The lowest BCUT2D eigenvalue weighted by molar-refractivity contribution is -0.136. The van der Waals surface area contributed by atoms with Crippen LogP contribution in [0, 0.1) is 6.92 Å². The van der Waals surface area contributed by atoms with Crippen molar-refractivity contribution in [3.8, 4) is 5.75 Å². The molecule has 0 radical (unpaired) electrons. The fourth-order valence-electron chi connectivity index (χ4n) is 1.79. The normalized spacial score (nSPS) is 13.2. The molecule has 0 saturated heterocycles. The molecule has 1 unspecified atom stereocenters. The van der Waals surface area contributed by atoms with Gasteiger partial charge in [0.25, 0.3) is 0 Å². The van der Waals surface area contributed by atoms with Gasteiger partial charge in [-0.3, -0.25) is 4.79 Å². The highest BCUT2D eigenvalue weighted by Crippen LogP contribution is 2.23. The van der Waals surface area contributed by atoms with Crippen LogP contribution in [0.4, 0.5) is 0 Å². The second-order valence-corrected chi connectivity index (χ2v) is 4.50. The molecule has 1 aromatic rings. The molecule has 1 heterocycles. The average molecular weight is 266 g/mol. The molecule has 0 amide bonds. The van der Waals surface area contributed by atoms with Crippen LogP contribution in [0.15, 0.2) is 26.9 Å². The number of hydrogen-bond acceptors (Lipinski definition) is 4. The largest absolute Gasteiger partial charge is 0.496 e. The maximum atomic E-state index is 11.6. The van der Waals surface area contributed by atoms with Crippen molar-refractivity contribution in [1.82, 2.24) is 0 Å². The van der Waals surface area contributed by atoms with Gasteiger partial charge < -0.3 is 14.3 Å². The van der Waals surface area contributed by atoms with Crippen molar-refractivity contribution in [2.75, 3.05) is 7.11 Å². The lowest BCUT2D eigenvalue weighted by atomic mass is 10.0. The Morgan fingerprint density at radius 1 is 1.58 bits per heavy atom. The summed E-state index contributed by atoms with van der Waals surface area (Å²) in [7, 11) is 1.49. The van der Waals surface area contributed by atoms with Gasteiger partial charge in [0.15, 0.2) is 0 Å². The molecule has 5 heteroatoms. The van der Waals surface area contributed by atoms with Crippen molar-refractivity contribution in [3.05, 3.63) is 39.5 Å². The van der Waals surface area contributed by atoms with Gasteiger partial charge in [-0.1, -0.05) is 18.6 Å². The molecule has 0 bridgehead atoms. The minimum absolute atomic E-state index is 0.0302. The van der Waals surface area contributed by atoms with Gasteiger partial charge in [0.1, 0.15) is 11.5 Å². The topological polar surface area (TPSA) is 76.7 Å². The van der Waals surface area contributed by atoms with Crippen LogP contribution in [0.3, 0.4) is 0 Å². The third-order valence-corrected chi connectivity index (χ3v) is 2.79. The highest BCUT2D eigenvalue weighted by Gasteiger charge is 2.13. The van der Waals surface area contributed by atoms with Crippen LogP contribution in [-0.4, -0.2) is 18.2 Å². The van der Waals surface area contributed by atoms with E-state index in [1.165, 1.54) is 7.11 Å². The first kappa shape index (κ1) is 15.0. The molecule has 1 atom stereocenters. The molecule has 0 aliphatic heterocycles. The molecule has 1 aromatic heterocycles. The zero-order valence-corrected chi connectivity index (χ0v) is 11.5. The van der Waals surface area contributed by atoms with Gasteiger partial charge in [-0.25, -0.2) is 4.79 Å². The maximum absolute atomic E-state index is 11.6. The van der Waals surface area contributed by atoms with Gasteiger partial charge in [-0.15, -0.1) is 0 Å². The first-order valence-electron chi connectivity index (χ1n) is 5.92. The van der Waals surface area contributed by atoms with E-state index in [1.807, 2.05) is 6.92 Å². The third-order valence-electron chi connectivity index (χ3n) is 2.79. The number of ether oxygens (including phenoxy) is 1.